The molecule has 0 saturated carbocycles. The van der Waals surface area contributed by atoms with Crippen LogP contribution in [-0.4, -0.2) is 55.0 Å². The van der Waals surface area contributed by atoms with E-state index in [9.17, 15) is 9.59 Å². The van der Waals surface area contributed by atoms with E-state index in [1.54, 1.807) is 0 Å². The minimum absolute atomic E-state index is 0. The van der Waals surface area contributed by atoms with Crippen LogP contribution in [0.1, 0.15) is 40.5 Å². The van der Waals surface area contributed by atoms with Crippen LogP contribution in [-0.2, 0) is 9.59 Å². The number of nitrogens with two attached hydrogens (primary N) is 1. The van der Waals surface area contributed by atoms with Crippen molar-refractivity contribution in [3.63, 3.8) is 0 Å². The maximum atomic E-state index is 11.8. The van der Waals surface area contributed by atoms with E-state index in [1.165, 1.54) is 6.42 Å². The van der Waals surface area contributed by atoms with Gasteiger partial charge in [0.15, 0.2) is 0 Å². The Morgan fingerprint density at radius 3 is 2.33 bits per heavy atom. The zero-order valence-corrected chi connectivity index (χ0v) is 16.8. The minimum atomic E-state index is -0.564. The Morgan fingerprint density at radius 2 is 1.79 bits per heavy atom. The first-order valence-electron chi connectivity index (χ1n) is 8.35. The number of nitrogens with zero attached hydrogens (tertiary/aromatic N) is 1. The second-order valence-corrected chi connectivity index (χ2v) is 6.89. The molecule has 2 atom stereocenters. The predicted molar refractivity (Wildman–Crippen MR) is 103 cm³/mol. The summed E-state index contributed by atoms with van der Waals surface area (Å²) in [5, 5.41) is 5.51. The number of amides is 2. The molecule has 0 spiro atoms. The first kappa shape index (κ1) is 25.7. The second kappa shape index (κ2) is 12.8. The van der Waals surface area contributed by atoms with Gasteiger partial charge in [0, 0.05) is 19.1 Å². The van der Waals surface area contributed by atoms with E-state index < -0.39 is 6.04 Å². The van der Waals surface area contributed by atoms with Gasteiger partial charge in [-0.1, -0.05) is 13.8 Å². The molecule has 1 fully saturated rings. The largest absolute Gasteiger partial charge is 0.354 e. The van der Waals surface area contributed by atoms with E-state index >= 15 is 0 Å². The van der Waals surface area contributed by atoms with E-state index in [4.69, 9.17) is 5.73 Å². The standard InChI is InChI=1S/C16H32N4O2.2ClH/c1-11(2)15(17)16(22)19-9-14(21)18-8-13-6-5-7-20(10-13)12(3)4;;/h11-13,15H,5-10,17H2,1-4H3,(H,18,21)(H,19,22);2*1H/t13?,15-;;/m0../s1. The molecule has 1 heterocycles. The fourth-order valence-electron chi connectivity index (χ4n) is 2.64. The first-order valence-corrected chi connectivity index (χ1v) is 8.35. The summed E-state index contributed by atoms with van der Waals surface area (Å²) in [4.78, 5) is 26.0. The Hall–Kier alpha value is -0.560. The molecule has 4 N–H and O–H groups in total. The van der Waals surface area contributed by atoms with E-state index in [1.807, 2.05) is 13.8 Å². The van der Waals surface area contributed by atoms with E-state index in [0.29, 0.717) is 18.5 Å². The smallest absolute Gasteiger partial charge is 0.239 e. The third-order valence-electron chi connectivity index (χ3n) is 4.31. The Kier molecular flexibility index (Phi) is 13.6. The lowest BCUT2D eigenvalue weighted by Gasteiger charge is -2.35. The molecule has 8 heteroatoms. The van der Waals surface area contributed by atoms with Crippen molar-refractivity contribution < 1.29 is 9.59 Å². The van der Waals surface area contributed by atoms with E-state index in [0.717, 1.165) is 19.5 Å². The highest BCUT2D eigenvalue weighted by atomic mass is 35.5. The number of piperidine rings is 1. The third-order valence-corrected chi connectivity index (χ3v) is 4.31. The van der Waals surface area contributed by atoms with Crippen molar-refractivity contribution in [2.24, 2.45) is 17.6 Å². The zero-order chi connectivity index (χ0) is 16.7. The highest BCUT2D eigenvalue weighted by molar-refractivity contribution is 5.87. The van der Waals surface area contributed by atoms with Gasteiger partial charge < -0.3 is 21.3 Å². The summed E-state index contributed by atoms with van der Waals surface area (Å²) < 4.78 is 0. The summed E-state index contributed by atoms with van der Waals surface area (Å²) in [5.74, 6) is 0.140. The summed E-state index contributed by atoms with van der Waals surface area (Å²) in [6.07, 6.45) is 2.33. The number of carbonyl (C=O) groups excluding carboxylic acids is 2. The predicted octanol–water partition coefficient (Wildman–Crippen LogP) is 1.17. The average molecular weight is 385 g/mol. The lowest BCUT2D eigenvalue weighted by molar-refractivity contribution is -0.127. The second-order valence-electron chi connectivity index (χ2n) is 6.89. The minimum Gasteiger partial charge on any atom is -0.354 e. The Balaban J connectivity index is 0. The normalized spacial score (nSPS) is 19.2. The van der Waals surface area contributed by atoms with Crippen molar-refractivity contribution in [1.82, 2.24) is 15.5 Å². The number of likely N-dealkylation sites (tertiary alicyclic amines) is 1. The number of carbonyl (C=O) groups is 2. The molecule has 0 aromatic carbocycles. The average Bonchev–Trinajstić information content (AvgIpc) is 2.49. The molecule has 1 aliphatic heterocycles. The quantitative estimate of drug-likeness (QED) is 0.614. The van der Waals surface area contributed by atoms with Gasteiger partial charge in [0.05, 0.1) is 12.6 Å². The Labute approximate surface area is 158 Å². The van der Waals surface area contributed by atoms with Gasteiger partial charge in [-0.2, -0.15) is 0 Å². The lowest BCUT2D eigenvalue weighted by Crippen LogP contribution is -2.48. The van der Waals surface area contributed by atoms with Gasteiger partial charge in [-0.15, -0.1) is 24.8 Å². The fourth-order valence-corrected chi connectivity index (χ4v) is 2.64. The molecular weight excluding hydrogens is 351 g/mol. The molecule has 24 heavy (non-hydrogen) atoms. The SMILES string of the molecule is CC(C)[C@H](N)C(=O)NCC(=O)NCC1CCCN(C(C)C)C1.Cl.Cl. The van der Waals surface area contributed by atoms with Crippen LogP contribution in [0.3, 0.4) is 0 Å². The van der Waals surface area contributed by atoms with Crippen LogP contribution >= 0.6 is 24.8 Å². The van der Waals surface area contributed by atoms with Gasteiger partial charge in [0.2, 0.25) is 11.8 Å². The van der Waals surface area contributed by atoms with Crippen LogP contribution in [0, 0.1) is 11.8 Å². The molecule has 0 aliphatic carbocycles. The Bertz CT molecular complexity index is 381. The van der Waals surface area contributed by atoms with Crippen LogP contribution < -0.4 is 16.4 Å². The first-order chi connectivity index (χ1) is 10.3. The summed E-state index contributed by atoms with van der Waals surface area (Å²) in [6.45, 7) is 11.0. The number of hydrogen-bond donors (Lipinski definition) is 3. The highest BCUT2D eigenvalue weighted by Gasteiger charge is 2.22. The summed E-state index contributed by atoms with van der Waals surface area (Å²) in [6, 6.07) is -0.0129. The Morgan fingerprint density at radius 1 is 1.17 bits per heavy atom. The van der Waals surface area contributed by atoms with Gasteiger partial charge in [0.25, 0.3) is 0 Å². The van der Waals surface area contributed by atoms with E-state index in [-0.39, 0.29) is 49.1 Å². The molecule has 1 saturated heterocycles. The van der Waals surface area contributed by atoms with Crippen LogP contribution in [0.15, 0.2) is 0 Å². The molecule has 1 aliphatic rings. The summed E-state index contributed by atoms with van der Waals surface area (Å²) >= 11 is 0. The van der Waals surface area contributed by atoms with Crippen LogP contribution in [0.25, 0.3) is 0 Å². The van der Waals surface area contributed by atoms with E-state index in [2.05, 4.69) is 29.4 Å². The molecule has 144 valence electrons. The zero-order valence-electron chi connectivity index (χ0n) is 15.2. The van der Waals surface area contributed by atoms with Gasteiger partial charge in [-0.05, 0) is 45.1 Å². The van der Waals surface area contributed by atoms with Gasteiger partial charge in [0.1, 0.15) is 0 Å². The van der Waals surface area contributed by atoms with Crippen molar-refractivity contribution in [3.05, 3.63) is 0 Å². The molecule has 6 nitrogen and oxygen atoms in total. The summed E-state index contributed by atoms with van der Waals surface area (Å²) in [5.41, 5.74) is 5.73. The van der Waals surface area contributed by atoms with Gasteiger partial charge in [-0.25, -0.2) is 0 Å². The molecular formula is C16H34Cl2N4O2. The number of halogens is 2. The van der Waals surface area contributed by atoms with Gasteiger partial charge in [-0.3, -0.25) is 9.59 Å². The molecule has 1 rings (SSSR count). The van der Waals surface area contributed by atoms with Crippen molar-refractivity contribution >= 4 is 36.6 Å². The molecule has 0 bridgehead atoms. The van der Waals surface area contributed by atoms with Gasteiger partial charge >= 0.3 is 0 Å². The highest BCUT2D eigenvalue weighted by Crippen LogP contribution is 2.17. The molecule has 0 aromatic rings. The molecule has 0 radical (unpaired) electrons. The topological polar surface area (TPSA) is 87.5 Å². The summed E-state index contributed by atoms with van der Waals surface area (Å²) in [7, 11) is 0. The third kappa shape index (κ3) is 9.06. The van der Waals surface area contributed by atoms with Crippen LogP contribution in [0.4, 0.5) is 0 Å². The maximum Gasteiger partial charge on any atom is 0.239 e. The van der Waals surface area contributed by atoms with Crippen molar-refractivity contribution in [1.29, 1.82) is 0 Å². The maximum absolute atomic E-state index is 11.8. The molecule has 0 aromatic heterocycles. The van der Waals surface area contributed by atoms with Crippen molar-refractivity contribution in [2.45, 2.75) is 52.6 Å². The number of hydrogen-bond acceptors (Lipinski definition) is 4. The number of rotatable bonds is 7. The van der Waals surface area contributed by atoms with Crippen molar-refractivity contribution in [2.75, 3.05) is 26.2 Å². The lowest BCUT2D eigenvalue weighted by atomic mass is 9.97. The van der Waals surface area contributed by atoms with Crippen LogP contribution in [0.2, 0.25) is 0 Å². The monoisotopic (exact) mass is 384 g/mol. The molecule has 1 unspecified atom stereocenters. The van der Waals surface area contributed by atoms with Crippen molar-refractivity contribution in [3.8, 4) is 0 Å². The molecule has 2 amide bonds. The number of nitrogens with one attached hydrogen (secondary N) is 2. The van der Waals surface area contributed by atoms with Crippen LogP contribution in [0.5, 0.6) is 0 Å². The fraction of sp³-hybridized carbons (Fsp3) is 0.875.